The fraction of sp³-hybridized carbons (Fsp3) is 0.455. The van der Waals surface area contributed by atoms with E-state index in [1.807, 2.05) is 0 Å². The first-order chi connectivity index (χ1) is 7.95. The van der Waals surface area contributed by atoms with Gasteiger partial charge in [-0.2, -0.15) is 0 Å². The monoisotopic (exact) mass is 278 g/mol. The fourth-order valence-corrected chi connectivity index (χ4v) is 2.37. The van der Waals surface area contributed by atoms with Crippen LogP contribution in [0.1, 0.15) is 12.0 Å². The molecule has 0 bridgehead atoms. The van der Waals surface area contributed by atoms with Crippen molar-refractivity contribution in [2.75, 3.05) is 20.3 Å². The van der Waals surface area contributed by atoms with E-state index in [9.17, 15) is 8.42 Å². The molecule has 0 radical (unpaired) electrons. The van der Waals surface area contributed by atoms with Crippen molar-refractivity contribution in [3.63, 3.8) is 0 Å². The Bertz CT molecular complexity index is 470. The lowest BCUT2D eigenvalue weighted by Crippen LogP contribution is -2.04. The Morgan fingerprint density at radius 2 is 2.00 bits per heavy atom. The highest BCUT2D eigenvalue weighted by atomic mass is 35.7. The van der Waals surface area contributed by atoms with Gasteiger partial charge >= 0.3 is 0 Å². The summed E-state index contributed by atoms with van der Waals surface area (Å²) in [5, 5.41) is 0. The SMILES string of the molecule is COCCCOc1ccc(C)cc1S(=O)(=O)Cl. The molecule has 96 valence electrons. The van der Waals surface area contributed by atoms with Crippen molar-refractivity contribution in [3.05, 3.63) is 23.8 Å². The van der Waals surface area contributed by atoms with Gasteiger partial charge in [-0.3, -0.25) is 0 Å². The van der Waals surface area contributed by atoms with Gasteiger partial charge in [0.05, 0.1) is 6.61 Å². The van der Waals surface area contributed by atoms with Crippen LogP contribution < -0.4 is 4.74 Å². The number of halogens is 1. The summed E-state index contributed by atoms with van der Waals surface area (Å²) in [6.45, 7) is 2.74. The summed E-state index contributed by atoms with van der Waals surface area (Å²) >= 11 is 0. The molecule has 0 aliphatic carbocycles. The van der Waals surface area contributed by atoms with Crippen LogP contribution in [0.2, 0.25) is 0 Å². The average Bonchev–Trinajstić information content (AvgIpc) is 2.25. The third-order valence-electron chi connectivity index (χ3n) is 2.11. The molecule has 6 heteroatoms. The fourth-order valence-electron chi connectivity index (χ4n) is 1.31. The van der Waals surface area contributed by atoms with Gasteiger partial charge < -0.3 is 9.47 Å². The molecular formula is C11H15ClO4S. The molecule has 0 amide bonds. The van der Waals surface area contributed by atoms with Crippen LogP contribution in [0.25, 0.3) is 0 Å². The maximum absolute atomic E-state index is 11.4. The van der Waals surface area contributed by atoms with E-state index >= 15 is 0 Å². The molecule has 0 aliphatic rings. The second kappa shape index (κ2) is 6.23. The number of benzene rings is 1. The van der Waals surface area contributed by atoms with Gasteiger partial charge in [-0.05, 0) is 24.6 Å². The molecular weight excluding hydrogens is 264 g/mol. The summed E-state index contributed by atoms with van der Waals surface area (Å²) in [4.78, 5) is 0.0107. The largest absolute Gasteiger partial charge is 0.492 e. The minimum absolute atomic E-state index is 0.0107. The molecule has 0 aromatic heterocycles. The van der Waals surface area contributed by atoms with E-state index in [1.165, 1.54) is 6.07 Å². The Balaban J connectivity index is 2.84. The standard InChI is InChI=1S/C11H15ClO4S/c1-9-4-5-10(16-7-3-6-15-2)11(8-9)17(12,13)14/h4-5,8H,3,6-7H2,1-2H3. The first-order valence-electron chi connectivity index (χ1n) is 5.12. The molecule has 0 N–H and O–H groups in total. The van der Waals surface area contributed by atoms with Gasteiger partial charge in [-0.15, -0.1) is 0 Å². The molecule has 1 aromatic carbocycles. The van der Waals surface area contributed by atoms with Gasteiger partial charge in [0.2, 0.25) is 0 Å². The number of aryl methyl sites for hydroxylation is 1. The van der Waals surface area contributed by atoms with E-state index in [0.717, 1.165) is 5.56 Å². The van der Waals surface area contributed by atoms with Crippen LogP contribution in [-0.2, 0) is 13.8 Å². The Hall–Kier alpha value is -0.780. The highest BCUT2D eigenvalue weighted by Gasteiger charge is 2.16. The quantitative estimate of drug-likeness (QED) is 0.592. The number of rotatable bonds is 6. The number of methoxy groups -OCH3 is 1. The Morgan fingerprint density at radius 3 is 2.59 bits per heavy atom. The molecule has 0 saturated heterocycles. The lowest BCUT2D eigenvalue weighted by Gasteiger charge is -2.10. The van der Waals surface area contributed by atoms with Crippen molar-refractivity contribution in [1.82, 2.24) is 0 Å². The molecule has 0 fully saturated rings. The smallest absolute Gasteiger partial charge is 0.264 e. The molecule has 1 rings (SSSR count). The van der Waals surface area contributed by atoms with Crippen LogP contribution in [0, 0.1) is 6.92 Å². The van der Waals surface area contributed by atoms with Crippen LogP contribution in [0.4, 0.5) is 0 Å². The van der Waals surface area contributed by atoms with E-state index in [-0.39, 0.29) is 10.6 Å². The average molecular weight is 279 g/mol. The molecule has 0 spiro atoms. The highest BCUT2D eigenvalue weighted by Crippen LogP contribution is 2.27. The predicted octanol–water partition coefficient (Wildman–Crippen LogP) is 2.34. The van der Waals surface area contributed by atoms with Crippen LogP contribution in [-0.4, -0.2) is 28.7 Å². The van der Waals surface area contributed by atoms with Crippen LogP contribution in [0.15, 0.2) is 23.1 Å². The number of hydrogen-bond acceptors (Lipinski definition) is 4. The summed E-state index contributed by atoms with van der Waals surface area (Å²) < 4.78 is 33.0. The molecule has 0 heterocycles. The third-order valence-corrected chi connectivity index (χ3v) is 3.46. The highest BCUT2D eigenvalue weighted by molar-refractivity contribution is 8.13. The summed E-state index contributed by atoms with van der Waals surface area (Å²) in [6, 6.07) is 4.88. The Morgan fingerprint density at radius 1 is 1.29 bits per heavy atom. The first-order valence-corrected chi connectivity index (χ1v) is 7.43. The summed E-state index contributed by atoms with van der Waals surface area (Å²) in [6.07, 6.45) is 0.687. The molecule has 0 atom stereocenters. The van der Waals surface area contributed by atoms with E-state index in [1.54, 1.807) is 26.2 Å². The maximum Gasteiger partial charge on any atom is 0.264 e. The van der Waals surface area contributed by atoms with Gasteiger partial charge in [0, 0.05) is 30.8 Å². The lowest BCUT2D eigenvalue weighted by molar-refractivity contribution is 0.171. The van der Waals surface area contributed by atoms with Crippen molar-refractivity contribution < 1.29 is 17.9 Å². The van der Waals surface area contributed by atoms with Crippen molar-refractivity contribution in [3.8, 4) is 5.75 Å². The molecule has 0 unspecified atom stereocenters. The zero-order valence-corrected chi connectivity index (χ0v) is 11.3. The number of ether oxygens (including phenoxy) is 2. The van der Waals surface area contributed by atoms with E-state index in [2.05, 4.69) is 0 Å². The second-order valence-electron chi connectivity index (χ2n) is 3.58. The zero-order chi connectivity index (χ0) is 12.9. The van der Waals surface area contributed by atoms with Gasteiger partial charge in [0.1, 0.15) is 10.6 Å². The maximum atomic E-state index is 11.4. The molecule has 0 saturated carbocycles. The third kappa shape index (κ3) is 4.53. The molecule has 17 heavy (non-hydrogen) atoms. The second-order valence-corrected chi connectivity index (χ2v) is 6.12. The first kappa shape index (κ1) is 14.3. The van der Waals surface area contributed by atoms with Crippen LogP contribution >= 0.6 is 10.7 Å². The van der Waals surface area contributed by atoms with Crippen molar-refractivity contribution in [2.45, 2.75) is 18.2 Å². The summed E-state index contributed by atoms with van der Waals surface area (Å²) in [7, 11) is 3.16. The van der Waals surface area contributed by atoms with Crippen molar-refractivity contribution >= 4 is 19.7 Å². The van der Waals surface area contributed by atoms with Gasteiger partial charge in [-0.25, -0.2) is 8.42 Å². The number of hydrogen-bond donors (Lipinski definition) is 0. The minimum Gasteiger partial charge on any atom is -0.492 e. The minimum atomic E-state index is -3.78. The van der Waals surface area contributed by atoms with Crippen molar-refractivity contribution in [1.29, 1.82) is 0 Å². The lowest BCUT2D eigenvalue weighted by atomic mass is 10.2. The summed E-state index contributed by atoms with van der Waals surface area (Å²) in [5.41, 5.74) is 0.813. The predicted molar refractivity (Wildman–Crippen MR) is 66.2 cm³/mol. The summed E-state index contributed by atoms with van der Waals surface area (Å²) in [5.74, 6) is 0.279. The molecule has 1 aromatic rings. The van der Waals surface area contributed by atoms with Gasteiger partial charge in [-0.1, -0.05) is 6.07 Å². The van der Waals surface area contributed by atoms with Crippen LogP contribution in [0.5, 0.6) is 5.75 Å². The normalized spacial score (nSPS) is 11.5. The van der Waals surface area contributed by atoms with Gasteiger partial charge in [0.15, 0.2) is 0 Å². The van der Waals surface area contributed by atoms with E-state index < -0.39 is 9.05 Å². The Labute approximate surface area is 106 Å². The molecule has 0 aliphatic heterocycles. The van der Waals surface area contributed by atoms with Crippen LogP contribution in [0.3, 0.4) is 0 Å². The van der Waals surface area contributed by atoms with E-state index in [0.29, 0.717) is 19.6 Å². The van der Waals surface area contributed by atoms with Gasteiger partial charge in [0.25, 0.3) is 9.05 Å². The Kier molecular flexibility index (Phi) is 5.24. The zero-order valence-electron chi connectivity index (χ0n) is 9.77. The topological polar surface area (TPSA) is 52.6 Å². The van der Waals surface area contributed by atoms with E-state index in [4.69, 9.17) is 20.2 Å². The molecule has 4 nitrogen and oxygen atoms in total. The van der Waals surface area contributed by atoms with Crippen molar-refractivity contribution in [2.24, 2.45) is 0 Å².